The van der Waals surface area contributed by atoms with Gasteiger partial charge in [0, 0.05) is 54.6 Å². The molecule has 0 aliphatic carbocycles. The van der Waals surface area contributed by atoms with E-state index in [1.165, 1.54) is 30.6 Å². The van der Waals surface area contributed by atoms with Crippen molar-refractivity contribution in [2.24, 2.45) is 11.8 Å². The number of hydrogen-bond acceptors (Lipinski definition) is 10. The molecule has 1 aromatic carbocycles. The summed E-state index contributed by atoms with van der Waals surface area (Å²) in [5.74, 6) is -1.93. The van der Waals surface area contributed by atoms with Crippen LogP contribution in [-0.2, 0) is 25.7 Å². The second-order valence-electron chi connectivity index (χ2n) is 15.0. The molecule has 3 aromatic rings. The second kappa shape index (κ2) is 16.1. The smallest absolute Gasteiger partial charge is 0.330 e. The number of pyridine rings is 1. The minimum atomic E-state index is -1.32. The average Bonchev–Trinajstić information content (AvgIpc) is 3.62. The van der Waals surface area contributed by atoms with Crippen molar-refractivity contribution in [3.05, 3.63) is 65.1 Å². The van der Waals surface area contributed by atoms with Crippen molar-refractivity contribution in [2.75, 3.05) is 35.3 Å². The number of Topliss-reactive ketones (excluding diaryl/α,β-unsaturated/α-hetero) is 2. The van der Waals surface area contributed by atoms with Crippen LogP contribution in [0.3, 0.4) is 0 Å². The van der Waals surface area contributed by atoms with Crippen molar-refractivity contribution < 1.29 is 28.8 Å². The van der Waals surface area contributed by atoms with Crippen LogP contribution in [0.4, 0.5) is 27.9 Å². The molecule has 2 aliphatic heterocycles. The largest absolute Gasteiger partial charge is 0.347 e. The summed E-state index contributed by atoms with van der Waals surface area (Å²) in [5.41, 5.74) is 2.67. The van der Waals surface area contributed by atoms with Crippen molar-refractivity contribution in [1.82, 2.24) is 30.5 Å². The van der Waals surface area contributed by atoms with Gasteiger partial charge in [0.05, 0.1) is 25.0 Å². The van der Waals surface area contributed by atoms with Crippen LogP contribution in [0.1, 0.15) is 81.1 Å². The molecule has 286 valence electrons. The van der Waals surface area contributed by atoms with E-state index < -0.39 is 29.3 Å². The SMILES string of the molecule is CC(=O)CNC(=O)C(C)(C)NC(=O)[C@@H]1CCCN1C(=O)[C@@H](CC(=O)c1ccc(C)c(N2Cc3cnc(Nc4ccc(C)nc4)nc3N(C)C2=O)c1)C(C)C. The molecule has 1 saturated heterocycles. The lowest BCUT2D eigenvalue weighted by molar-refractivity contribution is -0.144. The fourth-order valence-electron chi connectivity index (χ4n) is 6.62. The lowest BCUT2D eigenvalue weighted by Crippen LogP contribution is -2.59. The van der Waals surface area contributed by atoms with Crippen molar-refractivity contribution in [1.29, 1.82) is 0 Å². The maximum absolute atomic E-state index is 14.0. The Morgan fingerprint density at radius 2 is 1.76 bits per heavy atom. The topological polar surface area (TPSA) is 187 Å². The number of anilines is 4. The van der Waals surface area contributed by atoms with Crippen LogP contribution in [0.15, 0.2) is 42.7 Å². The molecule has 54 heavy (non-hydrogen) atoms. The normalized spacial score (nSPS) is 16.2. The van der Waals surface area contributed by atoms with Crippen LogP contribution < -0.4 is 25.8 Å². The van der Waals surface area contributed by atoms with E-state index in [-0.39, 0.29) is 48.9 Å². The summed E-state index contributed by atoms with van der Waals surface area (Å²) in [5, 5.41) is 8.38. The fraction of sp³-hybridized carbons (Fsp3) is 0.462. The summed E-state index contributed by atoms with van der Waals surface area (Å²) in [4.78, 5) is 97.0. The van der Waals surface area contributed by atoms with E-state index in [0.29, 0.717) is 48.1 Å². The third-order valence-corrected chi connectivity index (χ3v) is 9.86. The van der Waals surface area contributed by atoms with Crippen LogP contribution in [0.2, 0.25) is 0 Å². The van der Waals surface area contributed by atoms with Crippen LogP contribution in [0, 0.1) is 25.7 Å². The van der Waals surface area contributed by atoms with Crippen molar-refractivity contribution in [2.45, 2.75) is 85.9 Å². The first-order valence-corrected chi connectivity index (χ1v) is 18.1. The molecule has 2 aromatic heterocycles. The number of nitrogens with one attached hydrogen (secondary N) is 3. The molecule has 0 saturated carbocycles. The van der Waals surface area contributed by atoms with Crippen molar-refractivity contribution in [3.63, 3.8) is 0 Å². The number of aryl methyl sites for hydroxylation is 2. The maximum atomic E-state index is 14.0. The number of rotatable bonds is 13. The number of hydrogen-bond donors (Lipinski definition) is 3. The number of ketones is 2. The number of urea groups is 1. The highest BCUT2D eigenvalue weighted by molar-refractivity contribution is 6.07. The highest BCUT2D eigenvalue weighted by Gasteiger charge is 2.41. The Bertz CT molecular complexity index is 1960. The number of aromatic nitrogens is 3. The number of carbonyl (C=O) groups is 6. The van der Waals surface area contributed by atoms with Gasteiger partial charge in [0.25, 0.3) is 0 Å². The van der Waals surface area contributed by atoms with Crippen molar-refractivity contribution in [3.8, 4) is 0 Å². The zero-order chi connectivity index (χ0) is 39.5. The van der Waals surface area contributed by atoms with Gasteiger partial charge in [0.15, 0.2) is 5.78 Å². The summed E-state index contributed by atoms with van der Waals surface area (Å²) in [6.45, 7) is 12.3. The Morgan fingerprint density at radius 1 is 1.02 bits per heavy atom. The fourth-order valence-corrected chi connectivity index (χ4v) is 6.62. The number of fused-ring (bicyclic) bond motifs is 1. The summed E-state index contributed by atoms with van der Waals surface area (Å²) in [6, 6.07) is 7.76. The average molecular weight is 740 g/mol. The lowest BCUT2D eigenvalue weighted by atomic mass is 9.87. The van der Waals surface area contributed by atoms with Gasteiger partial charge < -0.3 is 20.9 Å². The van der Waals surface area contributed by atoms with E-state index in [1.54, 1.807) is 42.5 Å². The molecule has 0 unspecified atom stereocenters. The zero-order valence-corrected chi connectivity index (χ0v) is 32.1. The first-order chi connectivity index (χ1) is 25.5. The molecular weight excluding hydrogens is 690 g/mol. The number of likely N-dealkylation sites (tertiary alicyclic amines) is 1. The highest BCUT2D eigenvalue weighted by atomic mass is 16.2. The first kappa shape index (κ1) is 39.5. The summed E-state index contributed by atoms with van der Waals surface area (Å²) in [6.07, 6.45) is 4.26. The number of amides is 5. The molecule has 5 amide bonds. The van der Waals surface area contributed by atoms with Gasteiger partial charge in [-0.25, -0.2) is 9.78 Å². The van der Waals surface area contributed by atoms with Gasteiger partial charge in [-0.1, -0.05) is 26.0 Å². The molecular formula is C39H49N9O6. The Hall–Kier alpha value is -5.73. The van der Waals surface area contributed by atoms with E-state index in [1.807, 2.05) is 39.8 Å². The minimum absolute atomic E-state index is 0.0976. The molecule has 5 rings (SSSR count). The Kier molecular flexibility index (Phi) is 11.8. The highest BCUT2D eigenvalue weighted by Crippen LogP contribution is 2.34. The van der Waals surface area contributed by atoms with Crippen LogP contribution in [0.25, 0.3) is 0 Å². The molecule has 4 heterocycles. The number of benzene rings is 1. The standard InChI is InChI=1S/C39H49N9O6/c1-22(2)29(35(52)47-15-9-10-30(47)34(51)45-39(6,7)36(53)41-18-25(5)49)17-32(50)26-13-11-23(3)31(16-26)48-21-27-19-42-37(44-33(27)46(8)38(48)54)43-28-14-12-24(4)40-20-28/h11-14,16,19-20,22,29-30H,9-10,15,17-18,21H2,1-8H3,(H,41,53)(H,45,51)(H,42,43,44)/t29-,30-/m0/s1. The Balaban J connectivity index is 1.29. The number of nitrogens with zero attached hydrogens (tertiary/aromatic N) is 6. The molecule has 2 atom stereocenters. The first-order valence-electron chi connectivity index (χ1n) is 18.1. The third kappa shape index (κ3) is 8.72. The van der Waals surface area contributed by atoms with Crippen molar-refractivity contribution >= 4 is 58.5 Å². The molecule has 2 aliphatic rings. The number of carbonyl (C=O) groups excluding carboxylic acids is 6. The lowest BCUT2D eigenvalue weighted by Gasteiger charge is -2.35. The predicted molar refractivity (Wildman–Crippen MR) is 203 cm³/mol. The molecule has 15 nitrogen and oxygen atoms in total. The van der Waals surface area contributed by atoms with Crippen LogP contribution in [-0.4, -0.2) is 86.9 Å². The van der Waals surface area contributed by atoms with Crippen LogP contribution >= 0.6 is 0 Å². The Labute approximate surface area is 315 Å². The quantitative estimate of drug-likeness (QED) is 0.214. The molecule has 1 fully saturated rings. The summed E-state index contributed by atoms with van der Waals surface area (Å²) in [7, 11) is 1.64. The second-order valence-corrected chi connectivity index (χ2v) is 15.0. The van der Waals surface area contributed by atoms with Gasteiger partial charge in [-0.05, 0) is 77.1 Å². The van der Waals surface area contributed by atoms with E-state index in [9.17, 15) is 28.8 Å². The maximum Gasteiger partial charge on any atom is 0.330 e. The van der Waals surface area contributed by atoms with Crippen LogP contribution in [0.5, 0.6) is 0 Å². The predicted octanol–water partition coefficient (Wildman–Crippen LogP) is 4.24. The summed E-state index contributed by atoms with van der Waals surface area (Å²) < 4.78 is 0. The Morgan fingerprint density at radius 3 is 2.43 bits per heavy atom. The molecule has 3 N–H and O–H groups in total. The van der Waals surface area contributed by atoms with Gasteiger partial charge in [-0.2, -0.15) is 4.98 Å². The van der Waals surface area contributed by atoms with E-state index in [0.717, 1.165) is 16.8 Å². The van der Waals surface area contributed by atoms with E-state index >= 15 is 0 Å². The van der Waals surface area contributed by atoms with Gasteiger partial charge in [0.1, 0.15) is 23.2 Å². The third-order valence-electron chi connectivity index (χ3n) is 9.86. The van der Waals surface area contributed by atoms with E-state index in [2.05, 4.69) is 30.9 Å². The van der Waals surface area contributed by atoms with Gasteiger partial charge in [-0.3, -0.25) is 38.8 Å². The van der Waals surface area contributed by atoms with Gasteiger partial charge in [0.2, 0.25) is 23.7 Å². The zero-order valence-electron chi connectivity index (χ0n) is 32.1. The molecule has 0 radical (unpaired) electrons. The molecule has 0 spiro atoms. The van der Waals surface area contributed by atoms with Gasteiger partial charge in [-0.15, -0.1) is 0 Å². The van der Waals surface area contributed by atoms with Gasteiger partial charge >= 0.3 is 6.03 Å². The molecule has 0 bridgehead atoms. The minimum Gasteiger partial charge on any atom is -0.347 e. The molecule has 15 heteroatoms. The van der Waals surface area contributed by atoms with E-state index in [4.69, 9.17) is 0 Å². The monoisotopic (exact) mass is 739 g/mol. The summed E-state index contributed by atoms with van der Waals surface area (Å²) >= 11 is 0.